The van der Waals surface area contributed by atoms with E-state index < -0.39 is 5.91 Å². The smallest absolute Gasteiger partial charge is 0.268 e. The van der Waals surface area contributed by atoms with Gasteiger partial charge < -0.3 is 15.7 Å². The number of thiazole rings is 1. The van der Waals surface area contributed by atoms with Crippen LogP contribution in [0.15, 0.2) is 29.6 Å². The maximum Gasteiger partial charge on any atom is 0.268 e. The van der Waals surface area contributed by atoms with E-state index in [1.807, 2.05) is 24.3 Å². The van der Waals surface area contributed by atoms with E-state index in [0.29, 0.717) is 17.3 Å². The zero-order chi connectivity index (χ0) is 17.2. The summed E-state index contributed by atoms with van der Waals surface area (Å²) in [6, 6.07) is 7.78. The molecule has 1 fully saturated rings. The molecule has 5 nitrogen and oxygen atoms in total. The summed E-state index contributed by atoms with van der Waals surface area (Å²) in [4.78, 5) is 17.7. The number of nitrogens with zero attached hydrogens (tertiary/aromatic N) is 2. The van der Waals surface area contributed by atoms with E-state index in [1.54, 1.807) is 5.38 Å². The largest absolute Gasteiger partial charge is 0.396 e. The summed E-state index contributed by atoms with van der Waals surface area (Å²) in [6.07, 6.45) is 2.67. The predicted octanol–water partition coefficient (Wildman–Crippen LogP) is 2.72. The van der Waals surface area contributed by atoms with Crippen molar-refractivity contribution in [2.24, 2.45) is 11.1 Å². The number of piperidine rings is 1. The maximum atomic E-state index is 11.2. The van der Waals surface area contributed by atoms with E-state index in [1.165, 1.54) is 11.3 Å². The van der Waals surface area contributed by atoms with Gasteiger partial charge in [-0.3, -0.25) is 4.79 Å². The van der Waals surface area contributed by atoms with Crippen LogP contribution in [0.5, 0.6) is 0 Å². The number of hydrogen-bond donors (Lipinski definition) is 2. The van der Waals surface area contributed by atoms with Gasteiger partial charge in [0, 0.05) is 28.9 Å². The Morgan fingerprint density at radius 1 is 1.50 bits per heavy atom. The zero-order valence-electron chi connectivity index (χ0n) is 13.2. The van der Waals surface area contributed by atoms with Crippen LogP contribution in [-0.2, 0) is 6.42 Å². The van der Waals surface area contributed by atoms with Crippen LogP contribution in [-0.4, -0.2) is 35.7 Å². The fourth-order valence-electron chi connectivity index (χ4n) is 3.30. The highest BCUT2D eigenvalue weighted by Crippen LogP contribution is 2.36. The van der Waals surface area contributed by atoms with Crippen molar-refractivity contribution in [3.63, 3.8) is 0 Å². The van der Waals surface area contributed by atoms with Gasteiger partial charge in [-0.2, -0.15) is 0 Å². The van der Waals surface area contributed by atoms with Gasteiger partial charge in [0.2, 0.25) is 0 Å². The summed E-state index contributed by atoms with van der Waals surface area (Å²) in [5.41, 5.74) is 6.47. The van der Waals surface area contributed by atoms with Crippen molar-refractivity contribution >= 4 is 34.0 Å². The molecule has 3 rings (SSSR count). The molecule has 1 aliphatic heterocycles. The molecule has 1 atom stereocenters. The van der Waals surface area contributed by atoms with Crippen molar-refractivity contribution in [2.75, 3.05) is 24.6 Å². The first-order valence-electron chi connectivity index (χ1n) is 7.87. The first-order valence-corrected chi connectivity index (χ1v) is 9.13. The van der Waals surface area contributed by atoms with Crippen molar-refractivity contribution in [1.29, 1.82) is 0 Å². The van der Waals surface area contributed by atoms with Crippen LogP contribution in [0.1, 0.15) is 28.9 Å². The maximum absolute atomic E-state index is 11.2. The van der Waals surface area contributed by atoms with Crippen LogP contribution >= 0.6 is 22.9 Å². The lowest BCUT2D eigenvalue weighted by Gasteiger charge is -2.42. The van der Waals surface area contributed by atoms with E-state index in [9.17, 15) is 9.90 Å². The lowest BCUT2D eigenvalue weighted by atomic mass is 9.76. The molecule has 3 N–H and O–H groups in total. The van der Waals surface area contributed by atoms with Crippen molar-refractivity contribution in [3.05, 3.63) is 45.9 Å². The number of carbonyl (C=O) groups excluding carboxylic acids is 1. The molecular weight excluding hydrogens is 346 g/mol. The summed E-state index contributed by atoms with van der Waals surface area (Å²) in [5, 5.41) is 13.3. The SMILES string of the molecule is NC(=O)c1csc(N2CCCC(CO)(Cc3cccc(Cl)c3)C2)n1. The summed E-state index contributed by atoms with van der Waals surface area (Å²) in [6.45, 7) is 1.66. The number of aliphatic hydroxyl groups is 1. The van der Waals surface area contributed by atoms with Crippen LogP contribution in [0.2, 0.25) is 5.02 Å². The number of hydrogen-bond acceptors (Lipinski definition) is 5. The molecule has 0 spiro atoms. The van der Waals surface area contributed by atoms with Gasteiger partial charge in [0.15, 0.2) is 5.13 Å². The number of rotatable bonds is 5. The molecule has 2 aromatic rings. The standard InChI is InChI=1S/C17H20ClN3O2S/c18-13-4-1-3-12(7-13)8-17(11-22)5-2-6-21(10-17)16-20-14(9-24-16)15(19)23/h1,3-4,7,9,22H,2,5-6,8,10-11H2,(H2,19,23). The molecule has 1 aromatic heterocycles. The van der Waals surface area contributed by atoms with Crippen LogP contribution in [0.4, 0.5) is 5.13 Å². The Balaban J connectivity index is 1.79. The highest BCUT2D eigenvalue weighted by Gasteiger charge is 2.36. The zero-order valence-corrected chi connectivity index (χ0v) is 14.8. The molecule has 0 radical (unpaired) electrons. The third-order valence-corrected chi connectivity index (χ3v) is 5.62. The lowest BCUT2D eigenvalue weighted by molar-refractivity contribution is 0.0995. The minimum atomic E-state index is -0.512. The first-order chi connectivity index (χ1) is 11.5. The third kappa shape index (κ3) is 3.71. The Kier molecular flexibility index (Phi) is 5.08. The van der Waals surface area contributed by atoms with E-state index >= 15 is 0 Å². The number of aliphatic hydroxyl groups excluding tert-OH is 1. The van der Waals surface area contributed by atoms with Crippen molar-refractivity contribution in [1.82, 2.24) is 4.98 Å². The van der Waals surface area contributed by atoms with Crippen molar-refractivity contribution in [2.45, 2.75) is 19.3 Å². The lowest BCUT2D eigenvalue weighted by Crippen LogP contribution is -2.46. The van der Waals surface area contributed by atoms with Crippen LogP contribution in [0.3, 0.4) is 0 Å². The molecule has 0 aliphatic carbocycles. The van der Waals surface area contributed by atoms with E-state index in [0.717, 1.165) is 36.5 Å². The number of primary amides is 1. The monoisotopic (exact) mass is 365 g/mol. The number of amides is 1. The van der Waals surface area contributed by atoms with Gasteiger partial charge in [-0.1, -0.05) is 23.7 Å². The third-order valence-electron chi connectivity index (χ3n) is 4.48. The summed E-state index contributed by atoms with van der Waals surface area (Å²) in [7, 11) is 0. The van der Waals surface area contributed by atoms with Gasteiger partial charge in [0.25, 0.3) is 5.91 Å². The fourth-order valence-corrected chi connectivity index (χ4v) is 4.36. The van der Waals surface area contributed by atoms with Gasteiger partial charge in [0.1, 0.15) is 5.69 Å². The molecule has 7 heteroatoms. The molecule has 1 amide bonds. The molecule has 1 aliphatic rings. The van der Waals surface area contributed by atoms with Gasteiger partial charge in [-0.15, -0.1) is 11.3 Å². The Morgan fingerprint density at radius 2 is 2.33 bits per heavy atom. The quantitative estimate of drug-likeness (QED) is 0.853. The van der Waals surface area contributed by atoms with Gasteiger partial charge in [-0.25, -0.2) is 4.98 Å². The molecule has 1 unspecified atom stereocenters. The second-order valence-electron chi connectivity index (χ2n) is 6.37. The molecule has 1 saturated heterocycles. The average Bonchev–Trinajstić information content (AvgIpc) is 3.05. The Hall–Kier alpha value is -1.63. The summed E-state index contributed by atoms with van der Waals surface area (Å²) >= 11 is 7.50. The van der Waals surface area contributed by atoms with Gasteiger partial charge in [0.05, 0.1) is 6.61 Å². The number of benzene rings is 1. The van der Waals surface area contributed by atoms with Crippen LogP contribution in [0, 0.1) is 5.41 Å². The minimum absolute atomic E-state index is 0.101. The van der Waals surface area contributed by atoms with Crippen LogP contribution in [0.25, 0.3) is 0 Å². The molecule has 24 heavy (non-hydrogen) atoms. The number of aromatic nitrogens is 1. The number of carbonyl (C=O) groups is 1. The molecule has 2 heterocycles. The van der Waals surface area contributed by atoms with E-state index in [-0.39, 0.29) is 12.0 Å². The number of halogens is 1. The fraction of sp³-hybridized carbons (Fsp3) is 0.412. The molecule has 1 aromatic carbocycles. The van der Waals surface area contributed by atoms with Gasteiger partial charge in [-0.05, 0) is 37.0 Å². The Bertz CT molecular complexity index is 736. The molecule has 0 saturated carbocycles. The molecule has 128 valence electrons. The second-order valence-corrected chi connectivity index (χ2v) is 7.64. The highest BCUT2D eigenvalue weighted by molar-refractivity contribution is 7.13. The van der Waals surface area contributed by atoms with E-state index in [2.05, 4.69) is 9.88 Å². The number of nitrogens with two attached hydrogens (primary N) is 1. The predicted molar refractivity (Wildman–Crippen MR) is 96.8 cm³/mol. The molecular formula is C17H20ClN3O2S. The van der Waals surface area contributed by atoms with Crippen molar-refractivity contribution in [3.8, 4) is 0 Å². The number of anilines is 1. The second kappa shape index (κ2) is 7.09. The summed E-state index contributed by atoms with van der Waals surface area (Å²) < 4.78 is 0. The minimum Gasteiger partial charge on any atom is -0.396 e. The topological polar surface area (TPSA) is 79.5 Å². The Labute approximate surface area is 150 Å². The first kappa shape index (κ1) is 17.2. The van der Waals surface area contributed by atoms with Crippen LogP contribution < -0.4 is 10.6 Å². The highest BCUT2D eigenvalue weighted by atomic mass is 35.5. The van der Waals surface area contributed by atoms with Crippen molar-refractivity contribution < 1.29 is 9.90 Å². The van der Waals surface area contributed by atoms with E-state index in [4.69, 9.17) is 17.3 Å². The normalized spacial score (nSPS) is 21.0. The summed E-state index contributed by atoms with van der Waals surface area (Å²) in [5.74, 6) is -0.512. The Morgan fingerprint density at radius 3 is 3.00 bits per heavy atom. The average molecular weight is 366 g/mol. The molecule has 0 bridgehead atoms. The van der Waals surface area contributed by atoms with Gasteiger partial charge >= 0.3 is 0 Å².